The van der Waals surface area contributed by atoms with Crippen molar-refractivity contribution in [2.24, 2.45) is 0 Å². The Morgan fingerprint density at radius 1 is 1.36 bits per heavy atom. The molecule has 0 spiro atoms. The van der Waals surface area contributed by atoms with E-state index in [1.165, 1.54) is 0 Å². The van der Waals surface area contributed by atoms with Gasteiger partial charge in [-0.1, -0.05) is 0 Å². The van der Waals surface area contributed by atoms with E-state index < -0.39 is 0 Å². The molecule has 1 aromatic carbocycles. The van der Waals surface area contributed by atoms with Crippen LogP contribution in [-0.4, -0.2) is 24.6 Å². The van der Waals surface area contributed by atoms with E-state index in [1.54, 1.807) is 31.2 Å². The van der Waals surface area contributed by atoms with Crippen molar-refractivity contribution in [2.75, 3.05) is 18.9 Å². The Bertz CT molecular complexity index is 261. The number of benzene rings is 1. The molecule has 0 saturated carbocycles. The summed E-state index contributed by atoms with van der Waals surface area (Å²) in [7, 11) is 0. The molecule has 14 heavy (non-hydrogen) atoms. The van der Waals surface area contributed by atoms with Crippen LogP contribution in [0, 0.1) is 0 Å². The minimum absolute atomic E-state index is 0.00453. The van der Waals surface area contributed by atoms with Crippen LogP contribution in [0.25, 0.3) is 0 Å². The first-order valence-corrected chi connectivity index (χ1v) is 4.47. The van der Waals surface area contributed by atoms with Crippen molar-refractivity contribution in [1.82, 2.24) is 0 Å². The molecule has 1 unspecified atom stereocenters. The molecule has 78 valence electrons. The number of nitrogen functional groups attached to an aromatic ring is 1. The van der Waals surface area contributed by atoms with E-state index in [9.17, 15) is 0 Å². The molecule has 0 aromatic heterocycles. The average molecular weight is 197 g/mol. The monoisotopic (exact) mass is 197 g/mol. The second kappa shape index (κ2) is 5.47. The van der Waals surface area contributed by atoms with E-state index in [-0.39, 0.29) is 19.5 Å². The first-order chi connectivity index (χ1) is 6.72. The third-order valence-corrected chi connectivity index (χ3v) is 1.63. The molecular weight excluding hydrogens is 182 g/mol. The summed E-state index contributed by atoms with van der Waals surface area (Å²) in [5.74, 6) is 0.699. The second-order valence-corrected chi connectivity index (χ2v) is 2.85. The van der Waals surface area contributed by atoms with E-state index in [0.717, 1.165) is 0 Å². The summed E-state index contributed by atoms with van der Waals surface area (Å²) < 4.78 is 10.5. The third-order valence-electron chi connectivity index (χ3n) is 1.63. The normalized spacial score (nSPS) is 12.4. The molecule has 1 rings (SSSR count). The Hall–Kier alpha value is -1.26. The first-order valence-electron chi connectivity index (χ1n) is 4.47. The van der Waals surface area contributed by atoms with Gasteiger partial charge in [0.15, 0.2) is 6.29 Å². The summed E-state index contributed by atoms with van der Waals surface area (Å²) in [6.07, 6.45) is -0.370. The number of anilines is 1. The highest BCUT2D eigenvalue weighted by atomic mass is 16.7. The van der Waals surface area contributed by atoms with Gasteiger partial charge in [-0.2, -0.15) is 0 Å². The maximum absolute atomic E-state index is 8.52. The van der Waals surface area contributed by atoms with Crippen LogP contribution < -0.4 is 10.5 Å². The molecule has 0 bridgehead atoms. The molecule has 4 heteroatoms. The van der Waals surface area contributed by atoms with Crippen molar-refractivity contribution in [3.05, 3.63) is 24.3 Å². The van der Waals surface area contributed by atoms with Gasteiger partial charge in [0.2, 0.25) is 0 Å². The predicted octanol–water partition coefficient (Wildman–Crippen LogP) is 1.00. The third kappa shape index (κ3) is 3.64. The van der Waals surface area contributed by atoms with Crippen LogP contribution in [0.4, 0.5) is 5.69 Å². The molecule has 1 atom stereocenters. The van der Waals surface area contributed by atoms with E-state index >= 15 is 0 Å². The number of hydrogen-bond acceptors (Lipinski definition) is 4. The van der Waals surface area contributed by atoms with Crippen LogP contribution >= 0.6 is 0 Å². The van der Waals surface area contributed by atoms with Gasteiger partial charge in [-0.15, -0.1) is 0 Å². The Morgan fingerprint density at radius 3 is 2.57 bits per heavy atom. The van der Waals surface area contributed by atoms with Crippen molar-refractivity contribution in [2.45, 2.75) is 13.2 Å². The largest absolute Gasteiger partial charge is 0.465 e. The lowest BCUT2D eigenvalue weighted by Crippen LogP contribution is -2.18. The van der Waals surface area contributed by atoms with Gasteiger partial charge in [-0.05, 0) is 31.2 Å². The number of hydrogen-bond donors (Lipinski definition) is 2. The Balaban J connectivity index is 2.39. The standard InChI is InChI=1S/C10H15NO3/c1-8(13-7-6-12)14-10-4-2-9(11)3-5-10/h2-5,8,12H,6-7,11H2,1H3. The highest BCUT2D eigenvalue weighted by Gasteiger charge is 2.02. The molecule has 0 fully saturated rings. The van der Waals surface area contributed by atoms with Crippen LogP contribution in [0.3, 0.4) is 0 Å². The Morgan fingerprint density at radius 2 is 2.00 bits per heavy atom. The fourth-order valence-electron chi connectivity index (χ4n) is 0.991. The molecule has 0 heterocycles. The van der Waals surface area contributed by atoms with Crippen molar-refractivity contribution in [3.8, 4) is 5.75 Å². The van der Waals surface area contributed by atoms with Crippen LogP contribution in [0.1, 0.15) is 6.92 Å². The summed E-state index contributed by atoms with van der Waals surface area (Å²) in [4.78, 5) is 0. The van der Waals surface area contributed by atoms with Gasteiger partial charge < -0.3 is 20.3 Å². The van der Waals surface area contributed by atoms with Gasteiger partial charge in [0, 0.05) is 5.69 Å². The molecule has 0 aliphatic rings. The van der Waals surface area contributed by atoms with Crippen molar-refractivity contribution >= 4 is 5.69 Å². The predicted molar refractivity (Wildman–Crippen MR) is 54.0 cm³/mol. The summed E-state index contributed by atoms with van der Waals surface area (Å²) in [6.45, 7) is 2.04. The highest BCUT2D eigenvalue weighted by molar-refractivity contribution is 5.41. The van der Waals surface area contributed by atoms with Crippen molar-refractivity contribution < 1.29 is 14.6 Å². The molecule has 0 radical (unpaired) electrons. The quantitative estimate of drug-likeness (QED) is 0.546. The zero-order valence-corrected chi connectivity index (χ0v) is 8.14. The minimum Gasteiger partial charge on any atom is -0.465 e. The fraction of sp³-hybridized carbons (Fsp3) is 0.400. The lowest BCUT2D eigenvalue weighted by Gasteiger charge is -2.14. The fourth-order valence-corrected chi connectivity index (χ4v) is 0.991. The van der Waals surface area contributed by atoms with Gasteiger partial charge in [0.25, 0.3) is 0 Å². The maximum Gasteiger partial charge on any atom is 0.197 e. The molecule has 1 aromatic rings. The zero-order chi connectivity index (χ0) is 10.4. The number of aliphatic hydroxyl groups excluding tert-OH is 1. The Kier molecular flexibility index (Phi) is 4.22. The summed E-state index contributed by atoms with van der Waals surface area (Å²) in [5.41, 5.74) is 6.21. The molecular formula is C10H15NO3. The molecule has 0 aliphatic heterocycles. The maximum atomic E-state index is 8.52. The molecule has 4 nitrogen and oxygen atoms in total. The number of rotatable bonds is 5. The van der Waals surface area contributed by atoms with E-state index in [2.05, 4.69) is 0 Å². The van der Waals surface area contributed by atoms with Gasteiger partial charge in [-0.3, -0.25) is 0 Å². The molecule has 3 N–H and O–H groups in total. The van der Waals surface area contributed by atoms with Crippen LogP contribution in [-0.2, 0) is 4.74 Å². The number of nitrogens with two attached hydrogens (primary N) is 1. The van der Waals surface area contributed by atoms with Crippen molar-refractivity contribution in [3.63, 3.8) is 0 Å². The zero-order valence-electron chi connectivity index (χ0n) is 8.14. The number of aliphatic hydroxyl groups is 1. The van der Waals surface area contributed by atoms with E-state index in [4.69, 9.17) is 20.3 Å². The van der Waals surface area contributed by atoms with Gasteiger partial charge in [-0.25, -0.2) is 0 Å². The van der Waals surface area contributed by atoms with E-state index in [1.807, 2.05) is 0 Å². The van der Waals surface area contributed by atoms with Gasteiger partial charge >= 0.3 is 0 Å². The number of ether oxygens (including phenoxy) is 2. The Labute approximate surface area is 83.3 Å². The molecule has 0 saturated heterocycles. The lowest BCUT2D eigenvalue weighted by molar-refractivity contribution is -0.0760. The minimum atomic E-state index is -0.370. The van der Waals surface area contributed by atoms with Crippen LogP contribution in [0.5, 0.6) is 5.75 Å². The second-order valence-electron chi connectivity index (χ2n) is 2.85. The van der Waals surface area contributed by atoms with Crippen LogP contribution in [0.15, 0.2) is 24.3 Å². The topological polar surface area (TPSA) is 64.7 Å². The lowest BCUT2D eigenvalue weighted by atomic mass is 10.3. The average Bonchev–Trinajstić information content (AvgIpc) is 2.18. The molecule has 0 amide bonds. The summed E-state index contributed by atoms with van der Waals surface area (Å²) in [5, 5.41) is 8.52. The first kappa shape index (κ1) is 10.8. The highest BCUT2D eigenvalue weighted by Crippen LogP contribution is 2.14. The smallest absolute Gasteiger partial charge is 0.197 e. The summed E-state index contributed by atoms with van der Waals surface area (Å²) >= 11 is 0. The van der Waals surface area contributed by atoms with Crippen molar-refractivity contribution in [1.29, 1.82) is 0 Å². The summed E-state index contributed by atoms with van der Waals surface area (Å²) in [6, 6.07) is 7.06. The van der Waals surface area contributed by atoms with Gasteiger partial charge in [0.05, 0.1) is 13.2 Å². The SMILES string of the molecule is CC(OCCO)Oc1ccc(N)cc1. The van der Waals surface area contributed by atoms with E-state index in [0.29, 0.717) is 11.4 Å². The van der Waals surface area contributed by atoms with Gasteiger partial charge in [0.1, 0.15) is 5.75 Å². The van der Waals surface area contributed by atoms with Crippen LogP contribution in [0.2, 0.25) is 0 Å². The molecule has 0 aliphatic carbocycles.